The van der Waals surface area contributed by atoms with E-state index >= 15 is 4.39 Å². The van der Waals surface area contributed by atoms with Crippen molar-refractivity contribution in [3.8, 4) is 11.5 Å². The van der Waals surface area contributed by atoms with Gasteiger partial charge in [-0.2, -0.15) is 0 Å². The first kappa shape index (κ1) is 28.2. The van der Waals surface area contributed by atoms with Gasteiger partial charge in [0, 0.05) is 35.5 Å². The van der Waals surface area contributed by atoms with Gasteiger partial charge in [-0.05, 0) is 68.3 Å². The summed E-state index contributed by atoms with van der Waals surface area (Å²) >= 11 is 1.57. The number of amides is 1. The second kappa shape index (κ2) is 11.9. The largest absolute Gasteiger partial charge is 0.478 e. The smallest absolute Gasteiger partial charge is 0.415 e. The molecule has 7 nitrogen and oxygen atoms in total. The molecule has 1 N–H and O–H groups in total. The molecule has 2 unspecified atom stereocenters. The van der Waals surface area contributed by atoms with Gasteiger partial charge >= 0.3 is 12.1 Å². The fourth-order valence-corrected chi connectivity index (χ4v) is 4.93. The van der Waals surface area contributed by atoms with Crippen LogP contribution in [0.25, 0.3) is 0 Å². The SMILES string of the molecule is CSc1ccc(C(=O)C2CN(C(=O)Oc3ccccc3)CC2Cc2ccc(OC(C)(C)C(=O)O)cc2F)cc1. The molecule has 1 heterocycles. The average molecular weight is 552 g/mol. The van der Waals surface area contributed by atoms with E-state index in [0.29, 0.717) is 16.9 Å². The zero-order valence-corrected chi connectivity index (χ0v) is 22.7. The highest BCUT2D eigenvalue weighted by atomic mass is 32.2. The topological polar surface area (TPSA) is 93.1 Å². The lowest BCUT2D eigenvalue weighted by atomic mass is 9.84. The molecule has 0 spiro atoms. The number of carboxylic acid groups (broad SMARTS) is 1. The molecule has 0 saturated carbocycles. The number of aliphatic carboxylic acids is 1. The van der Waals surface area contributed by atoms with Crippen LogP contribution in [0.4, 0.5) is 9.18 Å². The van der Waals surface area contributed by atoms with E-state index in [0.717, 1.165) is 11.0 Å². The standard InChI is InChI=1S/C30H30FNO6S/c1-30(2,28(34)35)38-23-12-9-20(26(31)16-23)15-21-17-32(29(36)37-22-7-5-4-6-8-22)18-25(21)27(33)19-10-13-24(39-3)14-11-19/h4-14,16,21,25H,15,17-18H2,1-3H3,(H,34,35). The maximum Gasteiger partial charge on any atom is 0.415 e. The van der Waals surface area contributed by atoms with Gasteiger partial charge in [0.1, 0.15) is 17.3 Å². The summed E-state index contributed by atoms with van der Waals surface area (Å²) in [6, 6.07) is 20.2. The van der Waals surface area contributed by atoms with Gasteiger partial charge in [0.25, 0.3) is 0 Å². The Morgan fingerprint density at radius 3 is 2.31 bits per heavy atom. The number of hydrogen-bond acceptors (Lipinski definition) is 6. The highest BCUT2D eigenvalue weighted by Crippen LogP contribution is 2.33. The van der Waals surface area contributed by atoms with Crippen LogP contribution in [0.1, 0.15) is 29.8 Å². The minimum Gasteiger partial charge on any atom is -0.478 e. The highest BCUT2D eigenvalue weighted by Gasteiger charge is 2.41. The minimum atomic E-state index is -1.53. The number of likely N-dealkylation sites (tertiary alicyclic amines) is 1. The van der Waals surface area contributed by atoms with E-state index in [1.807, 2.05) is 24.5 Å². The summed E-state index contributed by atoms with van der Waals surface area (Å²) in [5.41, 5.74) is -0.655. The molecule has 3 aromatic rings. The molecule has 1 saturated heterocycles. The van der Waals surface area contributed by atoms with E-state index in [9.17, 15) is 19.5 Å². The van der Waals surface area contributed by atoms with Gasteiger partial charge in [0.05, 0.1) is 0 Å². The summed E-state index contributed by atoms with van der Waals surface area (Å²) in [6.07, 6.45) is 1.58. The van der Waals surface area contributed by atoms with E-state index < -0.39 is 29.4 Å². The third-order valence-electron chi connectivity index (χ3n) is 6.75. The van der Waals surface area contributed by atoms with Gasteiger partial charge in [-0.25, -0.2) is 14.0 Å². The molecule has 4 rings (SSSR count). The summed E-state index contributed by atoms with van der Waals surface area (Å²) in [6.45, 7) is 3.12. The molecule has 1 aliphatic rings. The summed E-state index contributed by atoms with van der Waals surface area (Å²) in [5, 5.41) is 9.29. The van der Waals surface area contributed by atoms with Gasteiger partial charge < -0.3 is 19.5 Å². The van der Waals surface area contributed by atoms with Crippen LogP contribution < -0.4 is 9.47 Å². The van der Waals surface area contributed by atoms with Crippen LogP contribution in [0.3, 0.4) is 0 Å². The molecule has 1 fully saturated rings. The minimum absolute atomic E-state index is 0.0876. The predicted molar refractivity (Wildman–Crippen MR) is 146 cm³/mol. The molecule has 1 aliphatic heterocycles. The zero-order chi connectivity index (χ0) is 28.2. The molecule has 0 aliphatic carbocycles. The van der Waals surface area contributed by atoms with Crippen LogP contribution in [-0.4, -0.2) is 52.8 Å². The van der Waals surface area contributed by atoms with Crippen molar-refractivity contribution in [3.63, 3.8) is 0 Å². The monoisotopic (exact) mass is 551 g/mol. The third kappa shape index (κ3) is 6.78. The number of carboxylic acids is 1. The Labute approximate surface area is 230 Å². The maximum absolute atomic E-state index is 15.1. The average Bonchev–Trinajstić information content (AvgIpc) is 3.34. The lowest BCUT2D eigenvalue weighted by molar-refractivity contribution is -0.152. The summed E-state index contributed by atoms with van der Waals surface area (Å²) in [4.78, 5) is 40.4. The third-order valence-corrected chi connectivity index (χ3v) is 7.50. The highest BCUT2D eigenvalue weighted by molar-refractivity contribution is 7.98. The van der Waals surface area contributed by atoms with Gasteiger partial charge in [-0.15, -0.1) is 11.8 Å². The van der Waals surface area contributed by atoms with Crippen molar-refractivity contribution in [2.45, 2.75) is 30.8 Å². The summed E-state index contributed by atoms with van der Waals surface area (Å²) in [5.74, 6) is -2.31. The van der Waals surface area contributed by atoms with E-state index in [1.54, 1.807) is 48.2 Å². The molecule has 39 heavy (non-hydrogen) atoms. The summed E-state index contributed by atoms with van der Waals surface area (Å²) < 4.78 is 26.1. The van der Waals surface area contributed by atoms with Crippen LogP contribution >= 0.6 is 11.8 Å². The molecule has 204 valence electrons. The fraction of sp³-hybridized carbons (Fsp3) is 0.300. The Morgan fingerprint density at radius 1 is 1.00 bits per heavy atom. The molecule has 2 atom stereocenters. The molecule has 0 bridgehead atoms. The molecule has 9 heteroatoms. The molecule has 1 amide bonds. The quantitative estimate of drug-likeness (QED) is 0.259. The number of carbonyl (C=O) groups excluding carboxylic acids is 2. The lowest BCUT2D eigenvalue weighted by Crippen LogP contribution is -2.37. The number of carbonyl (C=O) groups is 3. The first-order chi connectivity index (χ1) is 18.6. The number of para-hydroxylation sites is 1. The number of thioether (sulfide) groups is 1. The Hall–Kier alpha value is -3.85. The van der Waals surface area contributed by atoms with Crippen LogP contribution in [0, 0.1) is 17.7 Å². The van der Waals surface area contributed by atoms with Crippen molar-refractivity contribution in [2.75, 3.05) is 19.3 Å². The van der Waals surface area contributed by atoms with E-state index in [-0.39, 0.29) is 37.0 Å². The first-order valence-electron chi connectivity index (χ1n) is 12.5. The first-order valence-corrected chi connectivity index (χ1v) is 13.7. The second-order valence-corrected chi connectivity index (χ2v) is 10.8. The molecular weight excluding hydrogens is 521 g/mol. The van der Waals surface area contributed by atoms with Gasteiger partial charge in [0.2, 0.25) is 0 Å². The van der Waals surface area contributed by atoms with Crippen molar-refractivity contribution in [1.29, 1.82) is 0 Å². The molecule has 3 aromatic carbocycles. The van der Waals surface area contributed by atoms with Crippen molar-refractivity contribution in [1.82, 2.24) is 4.90 Å². The van der Waals surface area contributed by atoms with Crippen LogP contribution in [-0.2, 0) is 11.2 Å². The Balaban J connectivity index is 1.56. The summed E-state index contributed by atoms with van der Waals surface area (Å²) in [7, 11) is 0. The van der Waals surface area contributed by atoms with Crippen LogP contribution in [0.2, 0.25) is 0 Å². The van der Waals surface area contributed by atoms with Gasteiger partial charge in [0.15, 0.2) is 11.4 Å². The van der Waals surface area contributed by atoms with E-state index in [1.165, 1.54) is 30.9 Å². The number of halogens is 1. The van der Waals surface area contributed by atoms with Gasteiger partial charge in [-0.1, -0.05) is 36.4 Å². The fourth-order valence-electron chi connectivity index (χ4n) is 4.53. The number of ether oxygens (including phenoxy) is 2. The van der Waals surface area contributed by atoms with Crippen molar-refractivity contribution in [2.24, 2.45) is 11.8 Å². The number of hydrogen-bond donors (Lipinski definition) is 1. The number of Topliss-reactive ketones (excluding diaryl/α,β-unsaturated/α-hetero) is 1. The Morgan fingerprint density at radius 2 is 1.69 bits per heavy atom. The van der Waals surface area contributed by atoms with Crippen molar-refractivity contribution in [3.05, 3.63) is 89.7 Å². The number of ketones is 1. The second-order valence-electron chi connectivity index (χ2n) is 9.92. The van der Waals surface area contributed by atoms with Crippen LogP contribution in [0.15, 0.2) is 77.7 Å². The normalized spacial score (nSPS) is 17.1. The van der Waals surface area contributed by atoms with Crippen LogP contribution in [0.5, 0.6) is 11.5 Å². The predicted octanol–water partition coefficient (Wildman–Crippen LogP) is 5.96. The van der Waals surface area contributed by atoms with Crippen molar-refractivity contribution >= 4 is 29.6 Å². The number of benzene rings is 3. The molecule has 0 radical (unpaired) electrons. The molecular formula is C30H30FNO6S. The van der Waals surface area contributed by atoms with Gasteiger partial charge in [-0.3, -0.25) is 4.79 Å². The Kier molecular flexibility index (Phi) is 8.60. The number of nitrogens with zero attached hydrogens (tertiary/aromatic N) is 1. The molecule has 0 aromatic heterocycles. The Bertz CT molecular complexity index is 1350. The van der Waals surface area contributed by atoms with Crippen molar-refractivity contribution < 1.29 is 33.4 Å². The van der Waals surface area contributed by atoms with E-state index in [2.05, 4.69) is 0 Å². The van der Waals surface area contributed by atoms with E-state index in [4.69, 9.17) is 9.47 Å². The maximum atomic E-state index is 15.1. The zero-order valence-electron chi connectivity index (χ0n) is 21.9. The number of rotatable bonds is 9. The lowest BCUT2D eigenvalue weighted by Gasteiger charge is -2.22.